The molecular weight excluding hydrogens is 354 g/mol. The Hall–Kier alpha value is -3.42. The summed E-state index contributed by atoms with van der Waals surface area (Å²) < 4.78 is 1.85. The summed E-state index contributed by atoms with van der Waals surface area (Å²) in [4.78, 5) is 29.4. The molecule has 1 fully saturated rings. The van der Waals surface area contributed by atoms with Gasteiger partial charge in [0.15, 0.2) is 0 Å². The number of nitrogens with zero attached hydrogens (tertiary/aromatic N) is 6. The van der Waals surface area contributed by atoms with E-state index in [-0.39, 0.29) is 6.03 Å². The standard InChI is InChI=1S/C20H23N7O/c1-2-16-5-3-4-6-17(16)24-20(28)26-11-9-25(10-12-26)18-13-19(23-14-22-18)27-8-7-21-15-27/h3-8,13-15H,2,9-12H2,1H3,(H,24,28). The van der Waals surface area contributed by atoms with Gasteiger partial charge in [-0.05, 0) is 18.1 Å². The average molecular weight is 377 g/mol. The third-order valence-electron chi connectivity index (χ3n) is 4.94. The fourth-order valence-corrected chi connectivity index (χ4v) is 3.33. The summed E-state index contributed by atoms with van der Waals surface area (Å²) in [7, 11) is 0. The van der Waals surface area contributed by atoms with E-state index in [4.69, 9.17) is 0 Å². The van der Waals surface area contributed by atoms with Gasteiger partial charge in [0.25, 0.3) is 0 Å². The third-order valence-corrected chi connectivity index (χ3v) is 4.94. The minimum absolute atomic E-state index is 0.0534. The average Bonchev–Trinajstić information content (AvgIpc) is 3.29. The van der Waals surface area contributed by atoms with Crippen LogP contribution in [0.4, 0.5) is 16.3 Å². The summed E-state index contributed by atoms with van der Waals surface area (Å²) in [5, 5.41) is 3.05. The molecule has 0 unspecified atom stereocenters. The van der Waals surface area contributed by atoms with E-state index in [0.29, 0.717) is 13.1 Å². The topological polar surface area (TPSA) is 79.2 Å². The van der Waals surface area contributed by atoms with Crippen LogP contribution in [0.1, 0.15) is 12.5 Å². The van der Waals surface area contributed by atoms with Crippen molar-refractivity contribution >= 4 is 17.5 Å². The lowest BCUT2D eigenvalue weighted by Gasteiger charge is -2.35. The first-order chi connectivity index (χ1) is 13.7. The molecule has 0 aliphatic carbocycles. The lowest BCUT2D eigenvalue weighted by atomic mass is 10.1. The molecule has 3 heterocycles. The maximum Gasteiger partial charge on any atom is 0.321 e. The summed E-state index contributed by atoms with van der Waals surface area (Å²) in [6.45, 7) is 4.82. The monoisotopic (exact) mass is 377 g/mol. The SMILES string of the molecule is CCc1ccccc1NC(=O)N1CCN(c2cc(-n3ccnc3)ncn2)CC1. The number of carbonyl (C=O) groups excluding carboxylic acids is 1. The van der Waals surface area contributed by atoms with Crippen LogP contribution in [0.25, 0.3) is 5.82 Å². The molecule has 1 aliphatic heterocycles. The molecule has 0 saturated carbocycles. The zero-order valence-electron chi connectivity index (χ0n) is 15.8. The number of para-hydroxylation sites is 1. The largest absolute Gasteiger partial charge is 0.353 e. The van der Waals surface area contributed by atoms with E-state index in [1.165, 1.54) is 0 Å². The van der Waals surface area contributed by atoms with E-state index in [0.717, 1.165) is 42.4 Å². The van der Waals surface area contributed by atoms with Crippen molar-refractivity contribution in [1.82, 2.24) is 24.4 Å². The van der Waals surface area contributed by atoms with Crippen molar-refractivity contribution in [1.29, 1.82) is 0 Å². The van der Waals surface area contributed by atoms with Gasteiger partial charge in [-0.25, -0.2) is 19.7 Å². The van der Waals surface area contributed by atoms with Crippen LogP contribution in [0.15, 0.2) is 55.4 Å². The van der Waals surface area contributed by atoms with Crippen LogP contribution in [-0.4, -0.2) is 56.6 Å². The van der Waals surface area contributed by atoms with Crippen LogP contribution >= 0.6 is 0 Å². The molecule has 0 atom stereocenters. The number of anilines is 2. The minimum Gasteiger partial charge on any atom is -0.353 e. The molecule has 8 heteroatoms. The summed E-state index contributed by atoms with van der Waals surface area (Å²) in [5.74, 6) is 1.63. The first-order valence-corrected chi connectivity index (χ1v) is 9.43. The van der Waals surface area contributed by atoms with Crippen LogP contribution in [0.3, 0.4) is 0 Å². The van der Waals surface area contributed by atoms with Crippen molar-refractivity contribution in [2.24, 2.45) is 0 Å². The summed E-state index contributed by atoms with van der Waals surface area (Å²) in [5.41, 5.74) is 2.03. The first-order valence-electron chi connectivity index (χ1n) is 9.43. The van der Waals surface area contributed by atoms with Gasteiger partial charge in [-0.15, -0.1) is 0 Å². The number of piperazine rings is 1. The smallest absolute Gasteiger partial charge is 0.321 e. The fourth-order valence-electron chi connectivity index (χ4n) is 3.33. The maximum absolute atomic E-state index is 12.6. The van der Waals surface area contributed by atoms with Crippen molar-refractivity contribution in [3.63, 3.8) is 0 Å². The highest BCUT2D eigenvalue weighted by molar-refractivity contribution is 5.90. The Morgan fingerprint density at radius 1 is 1.11 bits per heavy atom. The van der Waals surface area contributed by atoms with Gasteiger partial charge < -0.3 is 15.1 Å². The molecule has 1 N–H and O–H groups in total. The number of imidazole rings is 1. The van der Waals surface area contributed by atoms with E-state index < -0.39 is 0 Å². The molecule has 2 aromatic heterocycles. The van der Waals surface area contributed by atoms with E-state index in [9.17, 15) is 4.79 Å². The molecule has 144 valence electrons. The Balaban J connectivity index is 1.38. The second-order valence-electron chi connectivity index (χ2n) is 6.62. The van der Waals surface area contributed by atoms with Crippen LogP contribution < -0.4 is 10.2 Å². The molecular formula is C20H23N7O. The van der Waals surface area contributed by atoms with Crippen molar-refractivity contribution in [2.75, 3.05) is 36.4 Å². The second-order valence-corrected chi connectivity index (χ2v) is 6.62. The predicted molar refractivity (Wildman–Crippen MR) is 108 cm³/mol. The van der Waals surface area contributed by atoms with Crippen molar-refractivity contribution in [3.8, 4) is 5.82 Å². The lowest BCUT2D eigenvalue weighted by Crippen LogP contribution is -2.50. The number of aryl methyl sites for hydroxylation is 1. The number of aromatic nitrogens is 4. The molecule has 1 aromatic carbocycles. The number of nitrogens with one attached hydrogen (secondary N) is 1. The summed E-state index contributed by atoms with van der Waals surface area (Å²) in [6.07, 6.45) is 7.73. The maximum atomic E-state index is 12.6. The highest BCUT2D eigenvalue weighted by Gasteiger charge is 2.22. The van der Waals surface area contributed by atoms with E-state index in [2.05, 4.69) is 32.1 Å². The Labute approximate surface area is 163 Å². The van der Waals surface area contributed by atoms with Crippen LogP contribution in [-0.2, 0) is 6.42 Å². The highest BCUT2D eigenvalue weighted by atomic mass is 16.2. The molecule has 0 spiro atoms. The zero-order valence-corrected chi connectivity index (χ0v) is 15.8. The van der Waals surface area contributed by atoms with Gasteiger partial charge in [0, 0.05) is 50.3 Å². The van der Waals surface area contributed by atoms with Gasteiger partial charge in [-0.1, -0.05) is 25.1 Å². The molecule has 1 saturated heterocycles. The van der Waals surface area contributed by atoms with Crippen LogP contribution in [0, 0.1) is 0 Å². The van der Waals surface area contributed by atoms with Gasteiger partial charge in [0.2, 0.25) is 0 Å². The number of amides is 2. The van der Waals surface area contributed by atoms with Crippen LogP contribution in [0.2, 0.25) is 0 Å². The van der Waals surface area contributed by atoms with E-state index in [1.54, 1.807) is 18.9 Å². The van der Waals surface area contributed by atoms with Gasteiger partial charge in [-0.3, -0.25) is 4.57 Å². The zero-order chi connectivity index (χ0) is 19.3. The van der Waals surface area contributed by atoms with Crippen molar-refractivity contribution < 1.29 is 4.79 Å². The number of urea groups is 1. The van der Waals surface area contributed by atoms with E-state index in [1.807, 2.05) is 46.0 Å². The molecule has 28 heavy (non-hydrogen) atoms. The number of carbonyl (C=O) groups is 1. The number of hydrogen-bond acceptors (Lipinski definition) is 5. The van der Waals surface area contributed by atoms with Gasteiger partial charge >= 0.3 is 6.03 Å². The quantitative estimate of drug-likeness (QED) is 0.756. The number of benzene rings is 1. The highest BCUT2D eigenvalue weighted by Crippen LogP contribution is 2.18. The Kier molecular flexibility index (Phi) is 5.18. The first kappa shape index (κ1) is 18.0. The van der Waals surface area contributed by atoms with E-state index >= 15 is 0 Å². The fraction of sp³-hybridized carbons (Fsp3) is 0.300. The molecule has 1 aliphatic rings. The minimum atomic E-state index is -0.0534. The normalized spacial score (nSPS) is 14.2. The van der Waals surface area contributed by atoms with Gasteiger partial charge in [-0.2, -0.15) is 0 Å². The lowest BCUT2D eigenvalue weighted by molar-refractivity contribution is 0.208. The predicted octanol–water partition coefficient (Wildman–Crippen LogP) is 2.58. The molecule has 3 aromatic rings. The Morgan fingerprint density at radius 2 is 1.89 bits per heavy atom. The second kappa shape index (κ2) is 8.08. The van der Waals surface area contributed by atoms with Crippen molar-refractivity contribution in [3.05, 3.63) is 60.9 Å². The molecule has 4 rings (SSSR count). The van der Waals surface area contributed by atoms with Crippen LogP contribution in [0.5, 0.6) is 0 Å². The number of hydrogen-bond donors (Lipinski definition) is 1. The van der Waals surface area contributed by atoms with Gasteiger partial charge in [0.1, 0.15) is 24.3 Å². The third kappa shape index (κ3) is 3.80. The Morgan fingerprint density at radius 3 is 2.64 bits per heavy atom. The summed E-state index contributed by atoms with van der Waals surface area (Å²) >= 11 is 0. The van der Waals surface area contributed by atoms with Gasteiger partial charge in [0.05, 0.1) is 0 Å². The summed E-state index contributed by atoms with van der Waals surface area (Å²) in [6, 6.07) is 9.82. The Bertz CT molecular complexity index is 933. The number of rotatable bonds is 4. The van der Waals surface area contributed by atoms with Crippen molar-refractivity contribution in [2.45, 2.75) is 13.3 Å². The molecule has 0 bridgehead atoms. The molecule has 2 amide bonds. The molecule has 8 nitrogen and oxygen atoms in total. The molecule has 0 radical (unpaired) electrons.